The molecule has 1 saturated heterocycles. The van der Waals surface area contributed by atoms with Crippen LogP contribution in [0.2, 0.25) is 0 Å². The van der Waals surface area contributed by atoms with E-state index in [1.54, 1.807) is 0 Å². The zero-order valence-electron chi connectivity index (χ0n) is 13.2. The first-order valence-electron chi connectivity index (χ1n) is 8.11. The normalized spacial score (nSPS) is 19.9. The molecule has 0 saturated carbocycles. The van der Waals surface area contributed by atoms with Crippen molar-refractivity contribution in [2.75, 3.05) is 18.0 Å². The minimum absolute atomic E-state index is 0.636. The van der Waals surface area contributed by atoms with Crippen LogP contribution in [0.4, 0.5) is 5.82 Å². The molecule has 0 aliphatic carbocycles. The maximum atomic E-state index is 4.44. The Morgan fingerprint density at radius 3 is 2.65 bits per heavy atom. The molecule has 2 unspecified atom stereocenters. The average molecular weight is 275 g/mol. The number of aromatic nitrogens is 1. The largest absolute Gasteiger partial charge is 0.357 e. The van der Waals surface area contributed by atoms with E-state index in [9.17, 15) is 0 Å². The number of hydrogen-bond donors (Lipinski definition) is 1. The van der Waals surface area contributed by atoms with Crippen molar-refractivity contribution in [3.8, 4) is 0 Å². The minimum Gasteiger partial charge on any atom is -0.357 e. The Labute approximate surface area is 123 Å². The highest BCUT2D eigenvalue weighted by Crippen LogP contribution is 2.18. The molecule has 1 aromatic heterocycles. The van der Waals surface area contributed by atoms with Gasteiger partial charge in [0.1, 0.15) is 5.82 Å². The number of hydrogen-bond acceptors (Lipinski definition) is 3. The fourth-order valence-corrected chi connectivity index (χ4v) is 3.06. The van der Waals surface area contributed by atoms with Crippen LogP contribution in [-0.4, -0.2) is 30.2 Å². The molecule has 2 heterocycles. The van der Waals surface area contributed by atoms with Crippen molar-refractivity contribution in [3.63, 3.8) is 0 Å². The molecule has 1 aromatic rings. The Balaban J connectivity index is 1.74. The Morgan fingerprint density at radius 1 is 1.30 bits per heavy atom. The van der Waals surface area contributed by atoms with Crippen LogP contribution >= 0.6 is 0 Å². The molecular weight excluding hydrogens is 246 g/mol. The van der Waals surface area contributed by atoms with Gasteiger partial charge in [0.05, 0.1) is 0 Å². The molecule has 1 fully saturated rings. The predicted molar refractivity (Wildman–Crippen MR) is 86.1 cm³/mol. The van der Waals surface area contributed by atoms with E-state index in [1.807, 2.05) is 12.3 Å². The molecule has 1 aliphatic heterocycles. The number of nitrogens with zero attached hydrogens (tertiary/aromatic N) is 2. The molecular formula is C17H29N3. The predicted octanol–water partition coefficient (Wildman–Crippen LogP) is 3.46. The summed E-state index contributed by atoms with van der Waals surface area (Å²) in [5.41, 5.74) is 0. The van der Waals surface area contributed by atoms with E-state index >= 15 is 0 Å². The lowest BCUT2D eigenvalue weighted by Crippen LogP contribution is -2.46. The van der Waals surface area contributed by atoms with Gasteiger partial charge < -0.3 is 10.2 Å². The highest BCUT2D eigenvalue weighted by molar-refractivity contribution is 5.38. The lowest BCUT2D eigenvalue weighted by Gasteiger charge is -2.35. The Kier molecular flexibility index (Phi) is 5.84. The zero-order chi connectivity index (χ0) is 14.4. The lowest BCUT2D eigenvalue weighted by molar-refractivity contribution is 0.336. The Hall–Kier alpha value is -1.09. The summed E-state index contributed by atoms with van der Waals surface area (Å²) in [4.78, 5) is 6.84. The van der Waals surface area contributed by atoms with E-state index in [-0.39, 0.29) is 0 Å². The van der Waals surface area contributed by atoms with Crippen molar-refractivity contribution in [1.82, 2.24) is 10.3 Å². The third-order valence-corrected chi connectivity index (χ3v) is 4.44. The summed E-state index contributed by atoms with van der Waals surface area (Å²) in [7, 11) is 0. The highest BCUT2D eigenvalue weighted by atomic mass is 15.2. The number of pyridine rings is 1. The van der Waals surface area contributed by atoms with Crippen LogP contribution < -0.4 is 10.2 Å². The lowest BCUT2D eigenvalue weighted by atomic mass is 9.98. The molecule has 1 aliphatic rings. The molecule has 0 bridgehead atoms. The van der Waals surface area contributed by atoms with Crippen LogP contribution in [-0.2, 0) is 0 Å². The van der Waals surface area contributed by atoms with Gasteiger partial charge in [0.15, 0.2) is 0 Å². The van der Waals surface area contributed by atoms with Crippen LogP contribution in [0.5, 0.6) is 0 Å². The number of piperidine rings is 1. The van der Waals surface area contributed by atoms with Crippen molar-refractivity contribution in [2.24, 2.45) is 5.92 Å². The first kappa shape index (κ1) is 15.3. The molecule has 20 heavy (non-hydrogen) atoms. The van der Waals surface area contributed by atoms with Crippen LogP contribution in [0, 0.1) is 5.92 Å². The third-order valence-electron chi connectivity index (χ3n) is 4.44. The van der Waals surface area contributed by atoms with Gasteiger partial charge in [-0.15, -0.1) is 0 Å². The van der Waals surface area contributed by atoms with E-state index in [0.29, 0.717) is 12.1 Å². The molecule has 0 spiro atoms. The SMILES string of the molecule is CCC(C)CC(C)NC1CCN(c2ccccn2)CC1. The van der Waals surface area contributed by atoms with E-state index in [1.165, 1.54) is 25.7 Å². The second kappa shape index (κ2) is 7.63. The van der Waals surface area contributed by atoms with Gasteiger partial charge in [-0.1, -0.05) is 26.3 Å². The van der Waals surface area contributed by atoms with Crippen LogP contribution in [0.25, 0.3) is 0 Å². The molecule has 2 atom stereocenters. The number of anilines is 1. The van der Waals surface area contributed by atoms with Gasteiger partial charge in [-0.3, -0.25) is 0 Å². The summed E-state index contributed by atoms with van der Waals surface area (Å²) in [5.74, 6) is 1.95. The summed E-state index contributed by atoms with van der Waals surface area (Å²) < 4.78 is 0. The third kappa shape index (κ3) is 4.48. The van der Waals surface area contributed by atoms with Gasteiger partial charge in [0.2, 0.25) is 0 Å². The first-order chi connectivity index (χ1) is 9.69. The van der Waals surface area contributed by atoms with E-state index < -0.39 is 0 Å². The molecule has 3 heteroatoms. The van der Waals surface area contributed by atoms with Crippen molar-refractivity contribution in [3.05, 3.63) is 24.4 Å². The monoisotopic (exact) mass is 275 g/mol. The van der Waals surface area contributed by atoms with Gasteiger partial charge in [0, 0.05) is 31.4 Å². The van der Waals surface area contributed by atoms with Crippen molar-refractivity contribution < 1.29 is 0 Å². The van der Waals surface area contributed by atoms with Gasteiger partial charge >= 0.3 is 0 Å². The summed E-state index contributed by atoms with van der Waals surface area (Å²) in [6.45, 7) is 9.19. The van der Waals surface area contributed by atoms with Gasteiger partial charge in [-0.05, 0) is 44.2 Å². The van der Waals surface area contributed by atoms with E-state index in [0.717, 1.165) is 24.8 Å². The summed E-state index contributed by atoms with van der Waals surface area (Å²) >= 11 is 0. The fraction of sp³-hybridized carbons (Fsp3) is 0.706. The van der Waals surface area contributed by atoms with Gasteiger partial charge in [-0.25, -0.2) is 4.98 Å². The van der Waals surface area contributed by atoms with Gasteiger partial charge in [0.25, 0.3) is 0 Å². The van der Waals surface area contributed by atoms with Crippen LogP contribution in [0.15, 0.2) is 24.4 Å². The standard InChI is InChI=1S/C17H29N3/c1-4-14(2)13-15(3)19-16-8-11-20(12-9-16)17-7-5-6-10-18-17/h5-7,10,14-16,19H,4,8-9,11-13H2,1-3H3. The molecule has 112 valence electrons. The maximum absolute atomic E-state index is 4.44. The van der Waals surface area contributed by atoms with E-state index in [2.05, 4.69) is 48.1 Å². The second-order valence-electron chi connectivity index (χ2n) is 6.27. The van der Waals surface area contributed by atoms with E-state index in [4.69, 9.17) is 0 Å². The quantitative estimate of drug-likeness (QED) is 0.861. The summed E-state index contributed by atoms with van der Waals surface area (Å²) in [6.07, 6.45) is 6.90. The Bertz CT molecular complexity index is 371. The maximum Gasteiger partial charge on any atom is 0.128 e. The molecule has 0 aromatic carbocycles. The average Bonchev–Trinajstić information content (AvgIpc) is 2.48. The molecule has 1 N–H and O–H groups in total. The van der Waals surface area contributed by atoms with Crippen LogP contribution in [0.3, 0.4) is 0 Å². The molecule has 0 radical (unpaired) electrons. The fourth-order valence-electron chi connectivity index (χ4n) is 3.06. The zero-order valence-corrected chi connectivity index (χ0v) is 13.2. The minimum atomic E-state index is 0.636. The van der Waals surface area contributed by atoms with Crippen molar-refractivity contribution in [2.45, 2.75) is 58.5 Å². The second-order valence-corrected chi connectivity index (χ2v) is 6.27. The Morgan fingerprint density at radius 2 is 2.05 bits per heavy atom. The first-order valence-corrected chi connectivity index (χ1v) is 8.11. The smallest absolute Gasteiger partial charge is 0.128 e. The summed E-state index contributed by atoms with van der Waals surface area (Å²) in [5, 5.41) is 3.81. The highest BCUT2D eigenvalue weighted by Gasteiger charge is 2.21. The molecule has 2 rings (SSSR count). The van der Waals surface area contributed by atoms with Gasteiger partial charge in [-0.2, -0.15) is 0 Å². The molecule has 3 nitrogen and oxygen atoms in total. The van der Waals surface area contributed by atoms with Crippen molar-refractivity contribution in [1.29, 1.82) is 0 Å². The molecule has 0 amide bonds. The van der Waals surface area contributed by atoms with Crippen molar-refractivity contribution >= 4 is 5.82 Å². The van der Waals surface area contributed by atoms with Crippen LogP contribution in [0.1, 0.15) is 46.5 Å². The summed E-state index contributed by atoms with van der Waals surface area (Å²) in [6, 6.07) is 7.47. The number of rotatable bonds is 6. The number of nitrogens with one attached hydrogen (secondary N) is 1. The topological polar surface area (TPSA) is 28.2 Å².